The maximum absolute atomic E-state index is 12.3. The summed E-state index contributed by atoms with van der Waals surface area (Å²) in [5.41, 5.74) is 0.578. The molecule has 1 aliphatic heterocycles. The molecule has 0 unspecified atom stereocenters. The highest BCUT2D eigenvalue weighted by Crippen LogP contribution is 2.24. The van der Waals surface area contributed by atoms with Crippen LogP contribution in [-0.2, 0) is 0 Å². The molecular formula is C17H27N3OS. The van der Waals surface area contributed by atoms with Crippen molar-refractivity contribution in [3.8, 4) is 0 Å². The van der Waals surface area contributed by atoms with Gasteiger partial charge in [-0.2, -0.15) is 0 Å². The summed E-state index contributed by atoms with van der Waals surface area (Å²) < 4.78 is 0. The van der Waals surface area contributed by atoms with Crippen LogP contribution in [0.25, 0.3) is 0 Å². The number of likely N-dealkylation sites (tertiary alicyclic amines) is 1. The Hall–Kier alpha value is -0.940. The maximum atomic E-state index is 12.3. The molecule has 1 saturated carbocycles. The van der Waals surface area contributed by atoms with Gasteiger partial charge in [0.2, 0.25) is 0 Å². The Morgan fingerprint density at radius 3 is 2.68 bits per heavy atom. The Morgan fingerprint density at radius 1 is 1.23 bits per heavy atom. The SMILES string of the molecule is Cc1nc(C(=O)N[C@@H]2CCCN(C3CCCCCC3)C2)cs1. The summed E-state index contributed by atoms with van der Waals surface area (Å²) in [5.74, 6) is -0.00272. The molecule has 0 spiro atoms. The van der Waals surface area contributed by atoms with Crippen molar-refractivity contribution in [2.75, 3.05) is 13.1 Å². The van der Waals surface area contributed by atoms with E-state index in [-0.39, 0.29) is 11.9 Å². The van der Waals surface area contributed by atoms with Gasteiger partial charge >= 0.3 is 0 Å². The van der Waals surface area contributed by atoms with Crippen LogP contribution in [0.3, 0.4) is 0 Å². The number of nitrogens with zero attached hydrogens (tertiary/aromatic N) is 2. The molecule has 22 heavy (non-hydrogen) atoms. The predicted molar refractivity (Wildman–Crippen MR) is 90.4 cm³/mol. The molecule has 1 aromatic heterocycles. The van der Waals surface area contributed by atoms with Crippen LogP contribution in [0.1, 0.15) is 66.9 Å². The van der Waals surface area contributed by atoms with Gasteiger partial charge in [0, 0.05) is 24.0 Å². The van der Waals surface area contributed by atoms with E-state index >= 15 is 0 Å². The summed E-state index contributed by atoms with van der Waals surface area (Å²) in [6, 6.07) is 1.02. The molecule has 122 valence electrons. The second kappa shape index (κ2) is 7.55. The second-order valence-electron chi connectivity index (χ2n) is 6.70. The van der Waals surface area contributed by atoms with E-state index in [1.807, 2.05) is 12.3 Å². The first-order valence-corrected chi connectivity index (χ1v) is 9.57. The third-order valence-electron chi connectivity index (χ3n) is 4.98. The van der Waals surface area contributed by atoms with E-state index in [2.05, 4.69) is 15.2 Å². The molecule has 2 fully saturated rings. The molecular weight excluding hydrogens is 294 g/mol. The van der Waals surface area contributed by atoms with E-state index in [9.17, 15) is 4.79 Å². The van der Waals surface area contributed by atoms with Crippen LogP contribution < -0.4 is 5.32 Å². The molecule has 1 N–H and O–H groups in total. The second-order valence-corrected chi connectivity index (χ2v) is 7.77. The van der Waals surface area contributed by atoms with E-state index in [4.69, 9.17) is 0 Å². The molecule has 5 heteroatoms. The summed E-state index contributed by atoms with van der Waals surface area (Å²) in [6.07, 6.45) is 10.5. The first-order valence-electron chi connectivity index (χ1n) is 8.69. The molecule has 1 atom stereocenters. The van der Waals surface area contributed by atoms with Gasteiger partial charge < -0.3 is 5.32 Å². The van der Waals surface area contributed by atoms with Crippen molar-refractivity contribution in [3.63, 3.8) is 0 Å². The van der Waals surface area contributed by atoms with Gasteiger partial charge in [-0.05, 0) is 39.2 Å². The van der Waals surface area contributed by atoms with Crippen LogP contribution in [0, 0.1) is 6.92 Å². The number of rotatable bonds is 3. The molecule has 1 amide bonds. The Labute approximate surface area is 137 Å². The number of hydrogen-bond donors (Lipinski definition) is 1. The summed E-state index contributed by atoms with van der Waals surface area (Å²) in [5, 5.41) is 6.01. The topological polar surface area (TPSA) is 45.2 Å². The van der Waals surface area contributed by atoms with Crippen LogP contribution in [0.15, 0.2) is 5.38 Å². The average Bonchev–Trinajstić information content (AvgIpc) is 2.79. The van der Waals surface area contributed by atoms with Crippen molar-refractivity contribution >= 4 is 17.2 Å². The number of carbonyl (C=O) groups excluding carboxylic acids is 1. The monoisotopic (exact) mass is 321 g/mol. The van der Waals surface area contributed by atoms with Crippen LogP contribution in [-0.4, -0.2) is 41.0 Å². The van der Waals surface area contributed by atoms with Gasteiger partial charge in [0.1, 0.15) is 5.69 Å². The summed E-state index contributed by atoms with van der Waals surface area (Å²) in [6.45, 7) is 4.15. The molecule has 0 bridgehead atoms. The Balaban J connectivity index is 1.54. The number of thiazole rings is 1. The highest BCUT2D eigenvalue weighted by Gasteiger charge is 2.27. The number of carbonyl (C=O) groups is 1. The molecule has 2 heterocycles. The minimum Gasteiger partial charge on any atom is -0.347 e. The van der Waals surface area contributed by atoms with Crippen LogP contribution in [0.4, 0.5) is 0 Å². The van der Waals surface area contributed by atoms with Crippen LogP contribution in [0.5, 0.6) is 0 Å². The molecule has 1 aliphatic carbocycles. The lowest BCUT2D eigenvalue weighted by atomic mass is 10.00. The quantitative estimate of drug-likeness (QED) is 0.868. The highest BCUT2D eigenvalue weighted by atomic mass is 32.1. The fourth-order valence-electron chi connectivity index (χ4n) is 3.81. The van der Waals surface area contributed by atoms with Crippen molar-refractivity contribution < 1.29 is 4.79 Å². The van der Waals surface area contributed by atoms with Crippen molar-refractivity contribution in [1.82, 2.24) is 15.2 Å². The van der Waals surface area contributed by atoms with Gasteiger partial charge in [-0.25, -0.2) is 4.98 Å². The lowest BCUT2D eigenvalue weighted by molar-refractivity contribution is 0.0856. The number of piperidine rings is 1. The van der Waals surface area contributed by atoms with Gasteiger partial charge in [-0.3, -0.25) is 9.69 Å². The summed E-state index contributed by atoms with van der Waals surface area (Å²) in [4.78, 5) is 19.2. The van der Waals surface area contributed by atoms with E-state index in [0.29, 0.717) is 5.69 Å². The molecule has 0 radical (unpaired) electrons. The standard InChI is InChI=1S/C17H27N3OS/c1-13-18-16(12-22-13)17(21)19-14-7-6-10-20(11-14)15-8-4-2-3-5-9-15/h12,14-15H,2-11H2,1H3,(H,19,21)/t14-/m1/s1. The van der Waals surface area contributed by atoms with Gasteiger partial charge in [0.25, 0.3) is 5.91 Å². The van der Waals surface area contributed by atoms with Gasteiger partial charge in [-0.15, -0.1) is 11.3 Å². The predicted octanol–water partition coefficient (Wildman–Crippen LogP) is 3.37. The van der Waals surface area contributed by atoms with Crippen molar-refractivity contribution in [3.05, 3.63) is 16.1 Å². The largest absolute Gasteiger partial charge is 0.347 e. The molecule has 1 saturated heterocycles. The van der Waals surface area contributed by atoms with Gasteiger partial charge in [0.15, 0.2) is 0 Å². The number of amides is 1. The van der Waals surface area contributed by atoms with Crippen molar-refractivity contribution in [2.45, 2.75) is 70.4 Å². The van der Waals surface area contributed by atoms with E-state index < -0.39 is 0 Å². The van der Waals surface area contributed by atoms with Gasteiger partial charge in [0.05, 0.1) is 5.01 Å². The summed E-state index contributed by atoms with van der Waals surface area (Å²) in [7, 11) is 0. The molecule has 0 aromatic carbocycles. The first kappa shape index (κ1) is 15.9. The van der Waals surface area contributed by atoms with Crippen molar-refractivity contribution in [2.24, 2.45) is 0 Å². The maximum Gasteiger partial charge on any atom is 0.271 e. The zero-order valence-corrected chi connectivity index (χ0v) is 14.3. The Morgan fingerprint density at radius 2 is 2.00 bits per heavy atom. The summed E-state index contributed by atoms with van der Waals surface area (Å²) >= 11 is 1.54. The molecule has 3 rings (SSSR count). The van der Waals surface area contributed by atoms with Crippen LogP contribution in [0.2, 0.25) is 0 Å². The number of aryl methyl sites for hydroxylation is 1. The molecule has 1 aromatic rings. The Kier molecular flexibility index (Phi) is 5.47. The van der Waals surface area contributed by atoms with E-state index in [1.54, 1.807) is 0 Å². The smallest absolute Gasteiger partial charge is 0.271 e. The number of hydrogen-bond acceptors (Lipinski definition) is 4. The number of nitrogens with one attached hydrogen (secondary N) is 1. The molecule has 2 aliphatic rings. The third-order valence-corrected chi connectivity index (χ3v) is 5.75. The van der Waals surface area contributed by atoms with E-state index in [1.165, 1.54) is 62.8 Å². The minimum atomic E-state index is -0.00272. The fraction of sp³-hybridized carbons (Fsp3) is 0.765. The number of aromatic nitrogens is 1. The normalized spacial score (nSPS) is 24.9. The third kappa shape index (κ3) is 4.07. The zero-order valence-electron chi connectivity index (χ0n) is 13.5. The van der Waals surface area contributed by atoms with Crippen molar-refractivity contribution in [1.29, 1.82) is 0 Å². The van der Waals surface area contributed by atoms with E-state index in [0.717, 1.165) is 24.0 Å². The fourth-order valence-corrected chi connectivity index (χ4v) is 4.40. The first-order chi connectivity index (χ1) is 10.7. The lowest BCUT2D eigenvalue weighted by Gasteiger charge is -2.38. The highest BCUT2D eigenvalue weighted by molar-refractivity contribution is 7.09. The van der Waals surface area contributed by atoms with Gasteiger partial charge in [-0.1, -0.05) is 25.7 Å². The zero-order chi connectivity index (χ0) is 15.4. The van der Waals surface area contributed by atoms with Crippen LogP contribution >= 0.6 is 11.3 Å². The minimum absolute atomic E-state index is 0.00272. The Bertz CT molecular complexity index is 494. The average molecular weight is 321 g/mol. The lowest BCUT2D eigenvalue weighted by Crippen LogP contribution is -2.51. The molecule has 4 nitrogen and oxygen atoms in total.